The van der Waals surface area contributed by atoms with Crippen molar-refractivity contribution in [2.75, 3.05) is 26.2 Å². The van der Waals surface area contributed by atoms with Crippen LogP contribution < -0.4 is 5.73 Å². The topological polar surface area (TPSA) is 57.9 Å². The quantitative estimate of drug-likeness (QED) is 0.869. The number of hydrogen-bond acceptors (Lipinski definition) is 3. The molecule has 0 aromatic carbocycles. The lowest BCUT2D eigenvalue weighted by molar-refractivity contribution is -0.141. The Hall–Kier alpha value is -1.08. The Morgan fingerprint density at radius 1 is 1.50 bits per heavy atom. The van der Waals surface area contributed by atoms with E-state index in [4.69, 9.17) is 5.73 Å². The fraction of sp³-hybridized carbons (Fsp3) is 0.727. The van der Waals surface area contributed by atoms with Gasteiger partial charge in [0.15, 0.2) is 5.69 Å². The van der Waals surface area contributed by atoms with Crippen LogP contribution in [0, 0.1) is 0 Å². The number of hydrogen-bond donors (Lipinski definition) is 2. The summed E-state index contributed by atoms with van der Waals surface area (Å²) in [7, 11) is 0. The molecule has 0 unspecified atom stereocenters. The maximum atomic E-state index is 12.5. The van der Waals surface area contributed by atoms with Gasteiger partial charge in [0.25, 0.3) is 0 Å². The smallest absolute Gasteiger partial charge is 0.329 e. The van der Waals surface area contributed by atoms with E-state index >= 15 is 0 Å². The van der Waals surface area contributed by atoms with Crippen molar-refractivity contribution in [2.24, 2.45) is 5.73 Å². The van der Waals surface area contributed by atoms with Crippen LogP contribution in [0.25, 0.3) is 0 Å². The molecule has 0 bridgehead atoms. The number of rotatable bonds is 3. The van der Waals surface area contributed by atoms with E-state index in [1.807, 2.05) is 0 Å². The Balaban J connectivity index is 2.05. The lowest BCUT2D eigenvalue weighted by Gasteiger charge is -2.31. The number of aromatic nitrogens is 2. The predicted molar refractivity (Wildman–Crippen MR) is 61.1 cm³/mol. The molecule has 18 heavy (non-hydrogen) atoms. The lowest BCUT2D eigenvalue weighted by atomic mass is 9.94. The molecular weight excluding hydrogens is 245 g/mol. The third kappa shape index (κ3) is 3.02. The summed E-state index contributed by atoms with van der Waals surface area (Å²) >= 11 is 0. The van der Waals surface area contributed by atoms with E-state index in [1.54, 1.807) is 0 Å². The molecule has 2 rings (SSSR count). The van der Waals surface area contributed by atoms with Gasteiger partial charge in [-0.3, -0.25) is 5.10 Å². The van der Waals surface area contributed by atoms with Crippen molar-refractivity contribution < 1.29 is 13.2 Å². The molecule has 3 N–H and O–H groups in total. The van der Waals surface area contributed by atoms with Gasteiger partial charge in [-0.05, 0) is 25.5 Å². The Bertz CT molecular complexity index is 386. The van der Waals surface area contributed by atoms with Gasteiger partial charge < -0.3 is 10.6 Å². The average Bonchev–Trinajstić information content (AvgIpc) is 2.78. The molecule has 4 nitrogen and oxygen atoms in total. The van der Waals surface area contributed by atoms with Crippen LogP contribution in [0.15, 0.2) is 6.07 Å². The largest absolute Gasteiger partial charge is 0.435 e. The molecule has 102 valence electrons. The minimum atomic E-state index is -4.37. The summed E-state index contributed by atoms with van der Waals surface area (Å²) in [6.45, 7) is 3.07. The van der Waals surface area contributed by atoms with Crippen molar-refractivity contribution in [3.8, 4) is 0 Å². The fourth-order valence-corrected chi connectivity index (χ4v) is 2.39. The number of halogens is 3. The first kappa shape index (κ1) is 13.4. The highest BCUT2D eigenvalue weighted by molar-refractivity contribution is 5.16. The maximum absolute atomic E-state index is 12.5. The van der Waals surface area contributed by atoms with Crippen LogP contribution in [0.5, 0.6) is 0 Å². The zero-order valence-electron chi connectivity index (χ0n) is 10.0. The number of piperidine rings is 1. The van der Waals surface area contributed by atoms with Gasteiger partial charge in [-0.1, -0.05) is 0 Å². The summed E-state index contributed by atoms with van der Waals surface area (Å²) < 4.78 is 37.4. The number of aromatic amines is 1. The third-order valence-electron chi connectivity index (χ3n) is 3.28. The summed E-state index contributed by atoms with van der Waals surface area (Å²) in [6.07, 6.45) is -2.51. The first-order valence-corrected chi connectivity index (χ1v) is 6.05. The van der Waals surface area contributed by atoms with E-state index in [9.17, 15) is 13.2 Å². The molecule has 0 spiro atoms. The van der Waals surface area contributed by atoms with Crippen LogP contribution in [0.2, 0.25) is 0 Å². The Morgan fingerprint density at radius 3 is 2.89 bits per heavy atom. The molecule has 1 atom stereocenters. The molecule has 1 aliphatic heterocycles. The summed E-state index contributed by atoms with van der Waals surface area (Å²) in [6, 6.07) is 1.12. The third-order valence-corrected chi connectivity index (χ3v) is 3.28. The molecule has 0 amide bonds. The first-order chi connectivity index (χ1) is 8.50. The number of alkyl halides is 3. The zero-order chi connectivity index (χ0) is 13.2. The van der Waals surface area contributed by atoms with Crippen molar-refractivity contribution in [2.45, 2.75) is 24.9 Å². The van der Waals surface area contributed by atoms with Crippen LogP contribution >= 0.6 is 0 Å². The molecule has 7 heteroatoms. The number of nitrogens with one attached hydrogen (secondary N) is 1. The second-order valence-electron chi connectivity index (χ2n) is 4.63. The van der Waals surface area contributed by atoms with Gasteiger partial charge in [0.2, 0.25) is 0 Å². The van der Waals surface area contributed by atoms with E-state index in [0.29, 0.717) is 12.2 Å². The van der Waals surface area contributed by atoms with Crippen LogP contribution in [0.3, 0.4) is 0 Å². The monoisotopic (exact) mass is 262 g/mol. The number of nitrogens with two attached hydrogens (primary N) is 1. The van der Waals surface area contributed by atoms with E-state index < -0.39 is 11.9 Å². The summed E-state index contributed by atoms with van der Waals surface area (Å²) in [5.74, 6) is 0.0916. The molecule has 1 aromatic rings. The van der Waals surface area contributed by atoms with Gasteiger partial charge in [0, 0.05) is 31.2 Å². The highest BCUT2D eigenvalue weighted by atomic mass is 19.4. The second-order valence-corrected chi connectivity index (χ2v) is 4.63. The average molecular weight is 262 g/mol. The summed E-state index contributed by atoms with van der Waals surface area (Å²) in [5, 5.41) is 5.86. The number of nitrogens with zero attached hydrogens (tertiary/aromatic N) is 2. The molecule has 0 saturated carbocycles. The van der Waals surface area contributed by atoms with E-state index in [0.717, 1.165) is 38.5 Å². The van der Waals surface area contributed by atoms with Gasteiger partial charge >= 0.3 is 6.18 Å². The summed E-state index contributed by atoms with van der Waals surface area (Å²) in [5.41, 5.74) is 5.23. The molecule has 1 aromatic heterocycles. The normalized spacial score (nSPS) is 22.3. The van der Waals surface area contributed by atoms with Gasteiger partial charge in [-0.25, -0.2) is 0 Å². The SMILES string of the molecule is NCCN1CCC[C@H](c2cc(C(F)(F)F)n[nH]2)C1. The first-order valence-electron chi connectivity index (χ1n) is 6.05. The van der Waals surface area contributed by atoms with Crippen LogP contribution in [-0.2, 0) is 6.18 Å². The molecule has 2 heterocycles. The number of H-pyrrole nitrogens is 1. The zero-order valence-corrected chi connectivity index (χ0v) is 10.0. The standard InChI is InChI=1S/C11H17F3N4/c12-11(13,14)10-6-9(16-17-10)8-2-1-4-18(7-8)5-3-15/h6,8H,1-5,7,15H2,(H,16,17)/t8-/m0/s1. The van der Waals surface area contributed by atoms with Crippen molar-refractivity contribution >= 4 is 0 Å². The Kier molecular flexibility index (Phi) is 3.91. The van der Waals surface area contributed by atoms with Crippen LogP contribution in [0.4, 0.5) is 13.2 Å². The molecule has 1 fully saturated rings. The molecular formula is C11H17F3N4. The van der Waals surface area contributed by atoms with Gasteiger partial charge in [-0.2, -0.15) is 18.3 Å². The lowest BCUT2D eigenvalue weighted by Crippen LogP contribution is -2.37. The van der Waals surface area contributed by atoms with E-state index in [2.05, 4.69) is 15.1 Å². The van der Waals surface area contributed by atoms with Crippen molar-refractivity contribution in [3.63, 3.8) is 0 Å². The second kappa shape index (κ2) is 5.27. The van der Waals surface area contributed by atoms with Crippen molar-refractivity contribution in [1.29, 1.82) is 0 Å². The molecule has 1 saturated heterocycles. The minimum Gasteiger partial charge on any atom is -0.329 e. The Labute approximate surface area is 103 Å². The van der Waals surface area contributed by atoms with Crippen LogP contribution in [0.1, 0.15) is 30.1 Å². The highest BCUT2D eigenvalue weighted by Gasteiger charge is 2.35. The van der Waals surface area contributed by atoms with E-state index in [-0.39, 0.29) is 5.92 Å². The Morgan fingerprint density at radius 2 is 2.28 bits per heavy atom. The number of likely N-dealkylation sites (tertiary alicyclic amines) is 1. The van der Waals surface area contributed by atoms with Crippen molar-refractivity contribution in [3.05, 3.63) is 17.5 Å². The van der Waals surface area contributed by atoms with Gasteiger partial charge in [0.1, 0.15) is 0 Å². The minimum absolute atomic E-state index is 0.0916. The van der Waals surface area contributed by atoms with Gasteiger partial charge in [0.05, 0.1) is 0 Å². The van der Waals surface area contributed by atoms with Gasteiger partial charge in [-0.15, -0.1) is 0 Å². The highest BCUT2D eigenvalue weighted by Crippen LogP contribution is 2.31. The fourth-order valence-electron chi connectivity index (χ4n) is 2.39. The molecule has 1 aliphatic rings. The van der Waals surface area contributed by atoms with Crippen LogP contribution in [-0.4, -0.2) is 41.3 Å². The predicted octanol–water partition coefficient (Wildman–Crippen LogP) is 1.57. The maximum Gasteiger partial charge on any atom is 0.435 e. The van der Waals surface area contributed by atoms with Crippen molar-refractivity contribution in [1.82, 2.24) is 15.1 Å². The molecule has 0 radical (unpaired) electrons. The molecule has 0 aliphatic carbocycles. The summed E-state index contributed by atoms with van der Waals surface area (Å²) in [4.78, 5) is 2.18. The van der Waals surface area contributed by atoms with E-state index in [1.165, 1.54) is 0 Å².